The number of aromatic hydroxyl groups is 1. The van der Waals surface area contributed by atoms with E-state index < -0.39 is 15.8 Å². The Morgan fingerprint density at radius 2 is 1.81 bits per heavy atom. The Kier molecular flexibility index (Phi) is 6.07. The van der Waals surface area contributed by atoms with E-state index in [4.69, 9.17) is 9.84 Å². The number of phenolic OH excluding ortho intramolecular Hbond substituents is 1. The summed E-state index contributed by atoms with van der Waals surface area (Å²) < 4.78 is 31.4. The molecule has 8 nitrogen and oxygen atoms in total. The van der Waals surface area contributed by atoms with Gasteiger partial charge in [-0.15, -0.1) is 0 Å². The molecule has 0 atom stereocenters. The molecule has 0 bridgehead atoms. The molecule has 2 aromatic carbocycles. The van der Waals surface area contributed by atoms with Crippen LogP contribution in [0.5, 0.6) is 11.5 Å². The van der Waals surface area contributed by atoms with Crippen LogP contribution < -0.4 is 4.74 Å². The summed E-state index contributed by atoms with van der Waals surface area (Å²) in [6, 6.07) is 11.5. The van der Waals surface area contributed by atoms with Crippen molar-refractivity contribution in [2.45, 2.75) is 30.2 Å². The van der Waals surface area contributed by atoms with Crippen LogP contribution in [0.3, 0.4) is 0 Å². The van der Waals surface area contributed by atoms with E-state index in [1.165, 1.54) is 31.2 Å². The number of benzene rings is 2. The third-order valence-corrected chi connectivity index (χ3v) is 6.37. The first-order chi connectivity index (χ1) is 14.6. The molecule has 0 radical (unpaired) electrons. The minimum atomic E-state index is -3.91. The zero-order chi connectivity index (χ0) is 22.8. The van der Waals surface area contributed by atoms with E-state index in [9.17, 15) is 23.1 Å². The molecule has 2 N–H and O–H groups in total. The average molecular weight is 441 g/mol. The number of nitrogens with zero attached hydrogens (tertiary/aromatic N) is 1. The topological polar surface area (TPSA) is 131 Å². The molecule has 0 saturated carbocycles. The largest absolute Gasteiger partial charge is 0.507 e. The van der Waals surface area contributed by atoms with E-state index in [1.807, 2.05) is 0 Å². The van der Waals surface area contributed by atoms with E-state index in [1.54, 1.807) is 25.1 Å². The van der Waals surface area contributed by atoms with Gasteiger partial charge in [0.25, 0.3) is 0 Å². The number of pyridine rings is 1. The fraction of sp³-hybridized carbons (Fsp3) is 0.136. The predicted molar refractivity (Wildman–Crippen MR) is 110 cm³/mol. The van der Waals surface area contributed by atoms with Crippen molar-refractivity contribution >= 4 is 21.6 Å². The lowest BCUT2D eigenvalue weighted by molar-refractivity contribution is 0.0690. The second-order valence-corrected chi connectivity index (χ2v) is 8.71. The Hall–Kier alpha value is -3.72. The Morgan fingerprint density at radius 1 is 1.06 bits per heavy atom. The van der Waals surface area contributed by atoms with Crippen LogP contribution in [-0.4, -0.2) is 35.4 Å². The number of sulfone groups is 1. The number of aromatic nitrogens is 1. The fourth-order valence-electron chi connectivity index (χ4n) is 2.89. The first-order valence-corrected chi connectivity index (χ1v) is 10.6. The fourth-order valence-corrected chi connectivity index (χ4v) is 4.16. The molecule has 160 valence electrons. The van der Waals surface area contributed by atoms with Crippen LogP contribution in [0, 0.1) is 6.92 Å². The molecule has 0 amide bonds. The summed E-state index contributed by atoms with van der Waals surface area (Å²) in [6.07, 6.45) is 1.00. The number of ether oxygens (including phenoxy) is 1. The maximum absolute atomic E-state index is 12.8. The molecule has 0 aliphatic carbocycles. The summed E-state index contributed by atoms with van der Waals surface area (Å²) in [6.45, 7) is 3.00. The van der Waals surface area contributed by atoms with Crippen molar-refractivity contribution in [1.29, 1.82) is 0 Å². The minimum Gasteiger partial charge on any atom is -0.507 e. The number of Topliss-reactive ketones (excluding diaryl/α,β-unsaturated/α-hetero) is 1. The van der Waals surface area contributed by atoms with Crippen LogP contribution in [0.15, 0.2) is 64.5 Å². The molecule has 1 aromatic heterocycles. The summed E-state index contributed by atoms with van der Waals surface area (Å²) in [5.41, 5.74) is 0.905. The Labute approximate surface area is 178 Å². The van der Waals surface area contributed by atoms with Gasteiger partial charge in [-0.25, -0.2) is 18.2 Å². The number of phenols is 1. The number of ketones is 1. The maximum Gasteiger partial charge on any atom is 0.354 e. The summed E-state index contributed by atoms with van der Waals surface area (Å²) >= 11 is 0. The molecular weight excluding hydrogens is 422 g/mol. The summed E-state index contributed by atoms with van der Waals surface area (Å²) in [4.78, 5) is 26.0. The lowest BCUT2D eigenvalue weighted by Gasteiger charge is -2.13. The van der Waals surface area contributed by atoms with Gasteiger partial charge in [-0.1, -0.05) is 12.1 Å². The van der Waals surface area contributed by atoms with E-state index >= 15 is 0 Å². The molecule has 0 spiro atoms. The van der Waals surface area contributed by atoms with Gasteiger partial charge in [0, 0.05) is 11.8 Å². The molecule has 0 aliphatic rings. The number of carboxylic acid groups (broad SMARTS) is 1. The Bertz CT molecular complexity index is 1270. The first kappa shape index (κ1) is 22.0. The van der Waals surface area contributed by atoms with Gasteiger partial charge in [0.1, 0.15) is 23.8 Å². The third kappa shape index (κ3) is 4.56. The van der Waals surface area contributed by atoms with Crippen molar-refractivity contribution in [3.05, 3.63) is 77.1 Å². The van der Waals surface area contributed by atoms with Crippen molar-refractivity contribution in [3.8, 4) is 11.5 Å². The van der Waals surface area contributed by atoms with Gasteiger partial charge in [-0.3, -0.25) is 4.79 Å². The molecule has 3 aromatic rings. The molecular formula is C22H19NO7S. The second-order valence-electron chi connectivity index (χ2n) is 6.76. The number of carbonyl (C=O) groups excluding carboxylic acids is 1. The third-order valence-electron chi connectivity index (χ3n) is 4.63. The van der Waals surface area contributed by atoms with Crippen molar-refractivity contribution in [1.82, 2.24) is 4.98 Å². The molecule has 1 heterocycles. The van der Waals surface area contributed by atoms with Gasteiger partial charge >= 0.3 is 5.97 Å². The molecule has 9 heteroatoms. The minimum absolute atomic E-state index is 0.00460. The van der Waals surface area contributed by atoms with Crippen LogP contribution in [0.2, 0.25) is 0 Å². The molecule has 0 unspecified atom stereocenters. The summed E-state index contributed by atoms with van der Waals surface area (Å²) in [5.74, 6) is -1.31. The number of carbonyl (C=O) groups is 2. The predicted octanol–water partition coefficient (Wildman–Crippen LogP) is 3.41. The van der Waals surface area contributed by atoms with Gasteiger partial charge in [0.15, 0.2) is 5.78 Å². The van der Waals surface area contributed by atoms with Gasteiger partial charge in [-0.2, -0.15) is 0 Å². The first-order valence-electron chi connectivity index (χ1n) is 9.11. The molecule has 0 saturated heterocycles. The van der Waals surface area contributed by atoms with Gasteiger partial charge in [-0.05, 0) is 55.8 Å². The van der Waals surface area contributed by atoms with Crippen molar-refractivity contribution < 1.29 is 33.0 Å². The molecule has 31 heavy (non-hydrogen) atoms. The summed E-state index contributed by atoms with van der Waals surface area (Å²) in [7, 11) is -3.91. The van der Waals surface area contributed by atoms with Gasteiger partial charge in [0.2, 0.25) is 9.84 Å². The quantitative estimate of drug-likeness (QED) is 0.533. The van der Waals surface area contributed by atoms with Crippen LogP contribution in [0.1, 0.15) is 38.9 Å². The van der Waals surface area contributed by atoms with Crippen molar-refractivity contribution in [2.75, 3.05) is 0 Å². The standard InChI is InChI=1S/C22H19NO7S/c1-13-20(9-7-18(14(2)24)21(13)25)30-12-15-4-3-5-16(10-15)31(28,29)17-6-8-19(22(26)27)23-11-17/h3-11,25H,12H2,1-2H3,(H,26,27). The van der Waals surface area contributed by atoms with Gasteiger partial charge < -0.3 is 14.9 Å². The Morgan fingerprint density at radius 3 is 2.42 bits per heavy atom. The maximum atomic E-state index is 12.8. The number of carboxylic acids is 1. The number of aromatic carboxylic acids is 1. The van der Waals surface area contributed by atoms with E-state index in [0.29, 0.717) is 16.9 Å². The van der Waals surface area contributed by atoms with E-state index in [0.717, 1.165) is 12.3 Å². The normalized spacial score (nSPS) is 11.2. The van der Waals surface area contributed by atoms with Crippen molar-refractivity contribution in [2.24, 2.45) is 0 Å². The van der Waals surface area contributed by atoms with Crippen molar-refractivity contribution in [3.63, 3.8) is 0 Å². The number of hydrogen-bond donors (Lipinski definition) is 2. The molecule has 0 fully saturated rings. The number of rotatable bonds is 7. The molecule has 0 aliphatic heterocycles. The zero-order valence-corrected chi connectivity index (χ0v) is 17.5. The van der Waals surface area contributed by atoms with E-state index in [-0.39, 0.29) is 39.2 Å². The summed E-state index contributed by atoms with van der Waals surface area (Å²) in [5, 5.41) is 19.1. The van der Waals surface area contributed by atoms with Crippen LogP contribution in [-0.2, 0) is 16.4 Å². The number of hydrogen-bond acceptors (Lipinski definition) is 7. The van der Waals surface area contributed by atoms with E-state index in [2.05, 4.69) is 4.98 Å². The van der Waals surface area contributed by atoms with Crippen LogP contribution >= 0.6 is 0 Å². The van der Waals surface area contributed by atoms with Gasteiger partial charge in [0.05, 0.1) is 15.4 Å². The van der Waals surface area contributed by atoms with Crippen LogP contribution in [0.25, 0.3) is 0 Å². The SMILES string of the molecule is CC(=O)c1ccc(OCc2cccc(S(=O)(=O)c3ccc(C(=O)O)nc3)c2)c(C)c1O. The monoisotopic (exact) mass is 441 g/mol. The highest BCUT2D eigenvalue weighted by Gasteiger charge is 2.20. The smallest absolute Gasteiger partial charge is 0.354 e. The lowest BCUT2D eigenvalue weighted by Crippen LogP contribution is -2.06. The lowest BCUT2D eigenvalue weighted by atomic mass is 10.1. The highest BCUT2D eigenvalue weighted by Crippen LogP contribution is 2.31. The van der Waals surface area contributed by atoms with Crippen LogP contribution in [0.4, 0.5) is 0 Å². The molecule has 3 rings (SSSR count). The highest BCUT2D eigenvalue weighted by molar-refractivity contribution is 7.91. The second kappa shape index (κ2) is 8.57. The average Bonchev–Trinajstić information content (AvgIpc) is 2.74. The Balaban J connectivity index is 1.83. The zero-order valence-electron chi connectivity index (χ0n) is 16.7. The highest BCUT2D eigenvalue weighted by atomic mass is 32.2.